The Balaban J connectivity index is 2.15. The first-order chi connectivity index (χ1) is 7.66. The SMILES string of the molecule is CN(c1cc(Cl)cc(Cl)c1)C1CCCCC1. The van der Waals surface area contributed by atoms with E-state index in [-0.39, 0.29) is 0 Å². The van der Waals surface area contributed by atoms with Crippen LogP contribution in [0.15, 0.2) is 18.2 Å². The number of nitrogens with zero attached hydrogens (tertiary/aromatic N) is 1. The highest BCUT2D eigenvalue weighted by atomic mass is 35.5. The Hall–Kier alpha value is -0.400. The fraction of sp³-hybridized carbons (Fsp3) is 0.538. The topological polar surface area (TPSA) is 3.24 Å². The van der Waals surface area contributed by atoms with Crippen molar-refractivity contribution in [3.63, 3.8) is 0 Å². The summed E-state index contributed by atoms with van der Waals surface area (Å²) in [6, 6.07) is 6.40. The van der Waals surface area contributed by atoms with E-state index in [1.165, 1.54) is 32.1 Å². The maximum atomic E-state index is 6.02. The minimum absolute atomic E-state index is 0.642. The Kier molecular flexibility index (Phi) is 3.99. The largest absolute Gasteiger partial charge is 0.372 e. The monoisotopic (exact) mass is 257 g/mol. The van der Waals surface area contributed by atoms with E-state index in [9.17, 15) is 0 Å². The second-order valence-corrected chi connectivity index (χ2v) is 5.40. The molecule has 0 radical (unpaired) electrons. The molecular weight excluding hydrogens is 241 g/mol. The molecule has 1 aliphatic rings. The maximum Gasteiger partial charge on any atom is 0.0441 e. The summed E-state index contributed by atoms with van der Waals surface area (Å²) in [7, 11) is 2.14. The Labute approximate surface area is 107 Å². The molecule has 0 unspecified atom stereocenters. The van der Waals surface area contributed by atoms with Crippen molar-refractivity contribution in [1.29, 1.82) is 0 Å². The fourth-order valence-electron chi connectivity index (χ4n) is 2.42. The molecule has 0 bridgehead atoms. The van der Waals surface area contributed by atoms with E-state index in [0.717, 1.165) is 5.69 Å². The van der Waals surface area contributed by atoms with E-state index in [1.807, 2.05) is 12.1 Å². The van der Waals surface area contributed by atoms with Crippen molar-refractivity contribution < 1.29 is 0 Å². The molecule has 2 rings (SSSR count). The zero-order valence-corrected chi connectivity index (χ0v) is 11.1. The summed E-state index contributed by atoms with van der Waals surface area (Å²) < 4.78 is 0. The molecule has 0 N–H and O–H groups in total. The summed E-state index contributed by atoms with van der Waals surface area (Å²) in [6.45, 7) is 0. The van der Waals surface area contributed by atoms with Crippen molar-refractivity contribution >= 4 is 28.9 Å². The van der Waals surface area contributed by atoms with Gasteiger partial charge in [0.1, 0.15) is 0 Å². The van der Waals surface area contributed by atoms with Gasteiger partial charge in [-0.3, -0.25) is 0 Å². The van der Waals surface area contributed by atoms with E-state index in [4.69, 9.17) is 23.2 Å². The van der Waals surface area contributed by atoms with Gasteiger partial charge in [0.15, 0.2) is 0 Å². The molecule has 1 fully saturated rings. The minimum atomic E-state index is 0.642. The number of rotatable bonds is 2. The number of benzene rings is 1. The van der Waals surface area contributed by atoms with E-state index < -0.39 is 0 Å². The summed E-state index contributed by atoms with van der Waals surface area (Å²) in [5.74, 6) is 0. The van der Waals surface area contributed by atoms with Gasteiger partial charge in [0.25, 0.3) is 0 Å². The summed E-state index contributed by atoms with van der Waals surface area (Å²) in [5, 5.41) is 1.43. The average molecular weight is 258 g/mol. The lowest BCUT2D eigenvalue weighted by molar-refractivity contribution is 0.427. The molecule has 0 aliphatic heterocycles. The second kappa shape index (κ2) is 5.29. The third-order valence-electron chi connectivity index (χ3n) is 3.38. The van der Waals surface area contributed by atoms with Gasteiger partial charge in [-0.15, -0.1) is 0 Å². The third kappa shape index (κ3) is 2.83. The molecule has 16 heavy (non-hydrogen) atoms. The van der Waals surface area contributed by atoms with Crippen molar-refractivity contribution in [3.05, 3.63) is 28.2 Å². The zero-order chi connectivity index (χ0) is 11.5. The Morgan fingerprint density at radius 2 is 1.56 bits per heavy atom. The maximum absolute atomic E-state index is 6.02. The van der Waals surface area contributed by atoms with Gasteiger partial charge >= 0.3 is 0 Å². The van der Waals surface area contributed by atoms with E-state index in [2.05, 4.69) is 11.9 Å². The van der Waals surface area contributed by atoms with Crippen LogP contribution in [0.25, 0.3) is 0 Å². The van der Waals surface area contributed by atoms with Crippen molar-refractivity contribution in [2.75, 3.05) is 11.9 Å². The van der Waals surface area contributed by atoms with Crippen molar-refractivity contribution in [3.8, 4) is 0 Å². The van der Waals surface area contributed by atoms with Gasteiger partial charge in [0.2, 0.25) is 0 Å². The zero-order valence-electron chi connectivity index (χ0n) is 9.55. The van der Waals surface area contributed by atoms with Crippen LogP contribution in [-0.4, -0.2) is 13.1 Å². The van der Waals surface area contributed by atoms with Gasteiger partial charge < -0.3 is 4.90 Å². The predicted molar refractivity (Wildman–Crippen MR) is 71.7 cm³/mol. The molecule has 0 saturated heterocycles. The van der Waals surface area contributed by atoms with E-state index >= 15 is 0 Å². The van der Waals surface area contributed by atoms with Crippen LogP contribution in [-0.2, 0) is 0 Å². The van der Waals surface area contributed by atoms with Gasteiger partial charge in [0, 0.05) is 28.8 Å². The number of anilines is 1. The first kappa shape index (κ1) is 12.1. The third-order valence-corrected chi connectivity index (χ3v) is 3.81. The number of hydrogen-bond donors (Lipinski definition) is 0. The minimum Gasteiger partial charge on any atom is -0.372 e. The molecule has 0 aromatic heterocycles. The lowest BCUT2D eigenvalue weighted by atomic mass is 9.94. The Bertz CT molecular complexity index is 339. The molecule has 1 saturated carbocycles. The average Bonchev–Trinajstić information content (AvgIpc) is 2.28. The Morgan fingerprint density at radius 3 is 2.12 bits per heavy atom. The van der Waals surface area contributed by atoms with E-state index in [0.29, 0.717) is 16.1 Å². The molecule has 1 aromatic rings. The molecule has 1 aromatic carbocycles. The summed E-state index contributed by atoms with van der Waals surface area (Å²) >= 11 is 12.0. The van der Waals surface area contributed by atoms with Crippen molar-refractivity contribution in [2.45, 2.75) is 38.1 Å². The van der Waals surface area contributed by atoms with Crippen LogP contribution in [0.4, 0.5) is 5.69 Å². The number of hydrogen-bond acceptors (Lipinski definition) is 1. The van der Waals surface area contributed by atoms with Crippen molar-refractivity contribution in [2.24, 2.45) is 0 Å². The van der Waals surface area contributed by atoms with Crippen LogP contribution >= 0.6 is 23.2 Å². The summed E-state index contributed by atoms with van der Waals surface area (Å²) in [4.78, 5) is 2.32. The van der Waals surface area contributed by atoms with Crippen molar-refractivity contribution in [1.82, 2.24) is 0 Å². The predicted octanol–water partition coefficient (Wildman–Crippen LogP) is 4.76. The van der Waals surface area contributed by atoms with Gasteiger partial charge in [-0.25, -0.2) is 0 Å². The first-order valence-corrected chi connectivity index (χ1v) is 6.61. The van der Waals surface area contributed by atoms with Gasteiger partial charge in [0.05, 0.1) is 0 Å². The van der Waals surface area contributed by atoms with Crippen LogP contribution in [0.3, 0.4) is 0 Å². The van der Waals surface area contributed by atoms with Gasteiger partial charge in [-0.05, 0) is 31.0 Å². The lowest BCUT2D eigenvalue weighted by Crippen LogP contribution is -2.33. The molecule has 0 heterocycles. The van der Waals surface area contributed by atoms with Crippen LogP contribution in [0.5, 0.6) is 0 Å². The quantitative estimate of drug-likeness (QED) is 0.739. The van der Waals surface area contributed by atoms with Crippen LogP contribution < -0.4 is 4.90 Å². The molecule has 0 spiro atoms. The smallest absolute Gasteiger partial charge is 0.0441 e. The highest BCUT2D eigenvalue weighted by Gasteiger charge is 2.18. The van der Waals surface area contributed by atoms with Crippen LogP contribution in [0.2, 0.25) is 10.0 Å². The highest BCUT2D eigenvalue weighted by Crippen LogP contribution is 2.30. The molecule has 0 atom stereocenters. The second-order valence-electron chi connectivity index (χ2n) is 4.53. The first-order valence-electron chi connectivity index (χ1n) is 5.86. The molecule has 3 heteroatoms. The molecular formula is C13H17Cl2N. The van der Waals surface area contributed by atoms with Gasteiger partial charge in [-0.1, -0.05) is 42.5 Å². The van der Waals surface area contributed by atoms with Gasteiger partial charge in [-0.2, -0.15) is 0 Å². The Morgan fingerprint density at radius 1 is 1.00 bits per heavy atom. The summed E-state index contributed by atoms with van der Waals surface area (Å²) in [5.41, 5.74) is 1.13. The number of halogens is 2. The summed E-state index contributed by atoms with van der Waals surface area (Å²) in [6.07, 6.45) is 6.61. The fourth-order valence-corrected chi connectivity index (χ4v) is 2.94. The van der Waals surface area contributed by atoms with E-state index in [1.54, 1.807) is 6.07 Å². The highest BCUT2D eigenvalue weighted by molar-refractivity contribution is 6.35. The molecule has 0 amide bonds. The standard InChI is InChI=1S/C13H17Cl2N/c1-16(12-5-3-2-4-6-12)13-8-10(14)7-11(15)9-13/h7-9,12H,2-6H2,1H3. The molecule has 88 valence electrons. The molecule has 1 aliphatic carbocycles. The van der Waals surface area contributed by atoms with Crippen LogP contribution in [0.1, 0.15) is 32.1 Å². The van der Waals surface area contributed by atoms with Crippen LogP contribution in [0, 0.1) is 0 Å². The molecule has 1 nitrogen and oxygen atoms in total. The normalized spacial score (nSPS) is 17.4. The lowest BCUT2D eigenvalue weighted by Gasteiger charge is -2.33.